The average Bonchev–Trinajstić information content (AvgIpc) is 2.65. The molecular formula is C12H13NO3. The van der Waals surface area contributed by atoms with Gasteiger partial charge >= 0.3 is 5.97 Å². The third kappa shape index (κ3) is 2.90. The Morgan fingerprint density at radius 1 is 1.31 bits per heavy atom. The summed E-state index contributed by atoms with van der Waals surface area (Å²) in [7, 11) is 0. The normalized spacial score (nSPS) is 16.4. The van der Waals surface area contributed by atoms with E-state index in [2.05, 4.69) is 0 Å². The highest BCUT2D eigenvalue weighted by molar-refractivity contribution is 5.82. The van der Waals surface area contributed by atoms with Crippen LogP contribution in [0.25, 0.3) is 0 Å². The Balaban J connectivity index is 1.83. The topological polar surface area (TPSA) is 46.6 Å². The molecule has 4 nitrogen and oxygen atoms in total. The van der Waals surface area contributed by atoms with Crippen LogP contribution < -0.4 is 0 Å². The summed E-state index contributed by atoms with van der Waals surface area (Å²) in [5.74, 6) is -0.201. The fourth-order valence-electron chi connectivity index (χ4n) is 1.62. The second-order valence-electron chi connectivity index (χ2n) is 3.78. The molecule has 0 aliphatic carbocycles. The lowest BCUT2D eigenvalue weighted by Gasteiger charge is -2.13. The summed E-state index contributed by atoms with van der Waals surface area (Å²) >= 11 is 0. The van der Waals surface area contributed by atoms with Gasteiger partial charge in [-0.1, -0.05) is 30.3 Å². The van der Waals surface area contributed by atoms with Gasteiger partial charge < -0.3 is 4.84 Å². The Morgan fingerprint density at radius 2 is 2.06 bits per heavy atom. The number of Topliss-reactive ketones (excluding diaryl/α,β-unsaturated/α-hetero) is 1. The van der Waals surface area contributed by atoms with Crippen molar-refractivity contribution < 1.29 is 14.4 Å². The van der Waals surface area contributed by atoms with E-state index in [0.29, 0.717) is 13.0 Å². The summed E-state index contributed by atoms with van der Waals surface area (Å²) in [4.78, 5) is 27.5. The molecule has 1 aromatic rings. The lowest BCUT2D eigenvalue weighted by Crippen LogP contribution is -2.26. The second-order valence-corrected chi connectivity index (χ2v) is 3.78. The van der Waals surface area contributed by atoms with Crippen molar-refractivity contribution in [1.29, 1.82) is 0 Å². The minimum Gasteiger partial charge on any atom is -0.367 e. The summed E-state index contributed by atoms with van der Waals surface area (Å²) in [6.45, 7) is 0.736. The van der Waals surface area contributed by atoms with E-state index in [1.807, 2.05) is 30.3 Å². The fourth-order valence-corrected chi connectivity index (χ4v) is 1.62. The van der Waals surface area contributed by atoms with Gasteiger partial charge in [0, 0.05) is 13.0 Å². The molecular weight excluding hydrogens is 206 g/mol. The number of hydrogen-bond acceptors (Lipinski definition) is 4. The molecule has 1 heterocycles. The Morgan fingerprint density at radius 3 is 2.69 bits per heavy atom. The number of rotatable bonds is 3. The lowest BCUT2D eigenvalue weighted by molar-refractivity contribution is -0.184. The number of nitrogens with zero attached hydrogens (tertiary/aromatic N) is 1. The average molecular weight is 219 g/mol. The van der Waals surface area contributed by atoms with Crippen LogP contribution in [0, 0.1) is 0 Å². The molecule has 1 aromatic carbocycles. The molecule has 1 fully saturated rings. The minimum atomic E-state index is -0.319. The van der Waals surface area contributed by atoms with Crippen molar-refractivity contribution in [2.75, 3.05) is 13.1 Å². The molecule has 84 valence electrons. The third-order valence-corrected chi connectivity index (χ3v) is 2.41. The van der Waals surface area contributed by atoms with Crippen molar-refractivity contribution >= 4 is 11.8 Å². The summed E-state index contributed by atoms with van der Waals surface area (Å²) in [6, 6.07) is 9.39. The Labute approximate surface area is 93.8 Å². The van der Waals surface area contributed by atoms with E-state index in [-0.39, 0.29) is 24.7 Å². The van der Waals surface area contributed by atoms with Gasteiger partial charge in [0.1, 0.15) is 0 Å². The zero-order chi connectivity index (χ0) is 11.4. The van der Waals surface area contributed by atoms with Crippen LogP contribution in [0.3, 0.4) is 0 Å². The maximum atomic E-state index is 11.5. The Hall–Kier alpha value is -1.68. The van der Waals surface area contributed by atoms with E-state index in [1.54, 1.807) is 0 Å². The van der Waals surface area contributed by atoms with Crippen LogP contribution in [0.2, 0.25) is 0 Å². The maximum absolute atomic E-state index is 11.5. The van der Waals surface area contributed by atoms with Crippen molar-refractivity contribution in [2.24, 2.45) is 0 Å². The van der Waals surface area contributed by atoms with Gasteiger partial charge in [-0.3, -0.25) is 4.79 Å². The van der Waals surface area contributed by atoms with Gasteiger partial charge in [-0.2, -0.15) is 0 Å². The summed E-state index contributed by atoms with van der Waals surface area (Å²) in [6.07, 6.45) is 0.712. The van der Waals surface area contributed by atoms with E-state index in [4.69, 9.17) is 4.84 Å². The summed E-state index contributed by atoms with van der Waals surface area (Å²) in [5.41, 5.74) is 0.915. The molecule has 0 atom stereocenters. The molecule has 0 saturated carbocycles. The van der Waals surface area contributed by atoms with Gasteiger partial charge in [-0.15, -0.1) is 5.06 Å². The van der Waals surface area contributed by atoms with Crippen LogP contribution in [0.15, 0.2) is 30.3 Å². The molecule has 1 aliphatic heterocycles. The van der Waals surface area contributed by atoms with Gasteiger partial charge in [0.25, 0.3) is 0 Å². The van der Waals surface area contributed by atoms with Gasteiger partial charge in [-0.25, -0.2) is 4.79 Å². The standard InChI is InChI=1S/C12H13NO3/c14-11-6-7-13(9-11)16-12(15)8-10-4-2-1-3-5-10/h1-5H,6-9H2. The van der Waals surface area contributed by atoms with Crippen LogP contribution in [-0.4, -0.2) is 29.9 Å². The zero-order valence-electron chi connectivity index (χ0n) is 8.89. The summed E-state index contributed by atoms with van der Waals surface area (Å²) < 4.78 is 0. The fraction of sp³-hybridized carbons (Fsp3) is 0.333. The van der Waals surface area contributed by atoms with Crippen molar-refractivity contribution in [1.82, 2.24) is 5.06 Å². The number of hydroxylamine groups is 2. The first kappa shape index (κ1) is 10.8. The predicted molar refractivity (Wildman–Crippen MR) is 57.4 cm³/mol. The molecule has 0 radical (unpaired) electrons. The van der Waals surface area contributed by atoms with E-state index in [9.17, 15) is 9.59 Å². The first-order chi connectivity index (χ1) is 7.74. The first-order valence-corrected chi connectivity index (χ1v) is 5.25. The SMILES string of the molecule is O=C1CCN(OC(=O)Cc2ccccc2)C1. The highest BCUT2D eigenvalue weighted by Gasteiger charge is 2.22. The van der Waals surface area contributed by atoms with Crippen molar-refractivity contribution in [3.05, 3.63) is 35.9 Å². The lowest BCUT2D eigenvalue weighted by atomic mass is 10.2. The van der Waals surface area contributed by atoms with Crippen LogP contribution in [0.4, 0.5) is 0 Å². The quantitative estimate of drug-likeness (QED) is 0.759. The van der Waals surface area contributed by atoms with Crippen LogP contribution in [-0.2, 0) is 20.8 Å². The summed E-state index contributed by atoms with van der Waals surface area (Å²) in [5, 5.41) is 1.42. The molecule has 0 aromatic heterocycles. The molecule has 1 saturated heterocycles. The van der Waals surface area contributed by atoms with Crippen molar-refractivity contribution in [2.45, 2.75) is 12.8 Å². The van der Waals surface area contributed by atoms with E-state index in [1.165, 1.54) is 5.06 Å². The van der Waals surface area contributed by atoms with E-state index < -0.39 is 0 Å². The molecule has 1 aliphatic rings. The van der Waals surface area contributed by atoms with Crippen molar-refractivity contribution in [3.63, 3.8) is 0 Å². The number of benzene rings is 1. The molecule has 16 heavy (non-hydrogen) atoms. The molecule has 0 unspecified atom stereocenters. The number of carbonyl (C=O) groups excluding carboxylic acids is 2. The van der Waals surface area contributed by atoms with E-state index in [0.717, 1.165) is 5.56 Å². The number of carbonyl (C=O) groups is 2. The number of hydrogen-bond donors (Lipinski definition) is 0. The second kappa shape index (κ2) is 4.90. The first-order valence-electron chi connectivity index (χ1n) is 5.25. The third-order valence-electron chi connectivity index (χ3n) is 2.41. The van der Waals surface area contributed by atoms with E-state index >= 15 is 0 Å². The maximum Gasteiger partial charge on any atom is 0.329 e. The Kier molecular flexibility index (Phi) is 3.31. The highest BCUT2D eigenvalue weighted by atomic mass is 16.7. The molecule has 0 bridgehead atoms. The molecule has 0 N–H and O–H groups in total. The Bertz CT molecular complexity index is 389. The zero-order valence-corrected chi connectivity index (χ0v) is 8.89. The molecule has 4 heteroatoms. The van der Waals surface area contributed by atoms with Gasteiger partial charge in [0.15, 0.2) is 5.78 Å². The molecule has 0 spiro atoms. The van der Waals surface area contributed by atoms with Crippen LogP contribution >= 0.6 is 0 Å². The predicted octanol–water partition coefficient (Wildman–Crippen LogP) is 0.962. The van der Waals surface area contributed by atoms with Crippen LogP contribution in [0.5, 0.6) is 0 Å². The molecule has 0 amide bonds. The van der Waals surface area contributed by atoms with Gasteiger partial charge in [0.2, 0.25) is 0 Å². The smallest absolute Gasteiger partial charge is 0.329 e. The monoisotopic (exact) mass is 219 g/mol. The van der Waals surface area contributed by atoms with Crippen LogP contribution in [0.1, 0.15) is 12.0 Å². The molecule has 2 rings (SSSR count). The van der Waals surface area contributed by atoms with Gasteiger partial charge in [0.05, 0.1) is 13.0 Å². The van der Waals surface area contributed by atoms with Crippen molar-refractivity contribution in [3.8, 4) is 0 Å². The number of ketones is 1. The van der Waals surface area contributed by atoms with Gasteiger partial charge in [-0.05, 0) is 5.56 Å². The highest BCUT2D eigenvalue weighted by Crippen LogP contribution is 2.07. The minimum absolute atomic E-state index is 0.118. The largest absolute Gasteiger partial charge is 0.367 e.